The zero-order valence-corrected chi connectivity index (χ0v) is 16.2. The van der Waals surface area contributed by atoms with Gasteiger partial charge in [-0.2, -0.15) is 0 Å². The number of hydrogen-bond donors (Lipinski definition) is 2. The summed E-state index contributed by atoms with van der Waals surface area (Å²) in [6.45, 7) is 9.81. The van der Waals surface area contributed by atoms with Gasteiger partial charge in [-0.15, -0.1) is 0 Å². The predicted octanol–water partition coefficient (Wildman–Crippen LogP) is 5.13. The average Bonchev–Trinajstić information content (AvgIpc) is 3.31. The molecule has 2 N–H and O–H groups in total. The molecule has 0 spiro atoms. The first-order valence-electron chi connectivity index (χ1n) is 9.16. The minimum absolute atomic E-state index is 0.0415. The molecule has 0 saturated carbocycles. The van der Waals surface area contributed by atoms with Crippen molar-refractivity contribution < 1.29 is 9.32 Å². The minimum atomic E-state index is -0.0415. The Kier molecular flexibility index (Phi) is 4.02. The Morgan fingerprint density at radius 1 is 1.15 bits per heavy atom. The minimum Gasteiger partial charge on any atom is -0.361 e. The number of aryl methyl sites for hydroxylation is 2. The molecule has 1 aliphatic rings. The number of rotatable bonds is 4. The summed E-state index contributed by atoms with van der Waals surface area (Å²) in [5, 5.41) is 10.4. The van der Waals surface area contributed by atoms with E-state index in [-0.39, 0.29) is 11.9 Å². The second-order valence-electron chi connectivity index (χ2n) is 7.38. The topological polar surface area (TPSA) is 77.1 Å². The van der Waals surface area contributed by atoms with E-state index in [1.54, 1.807) is 0 Å². The summed E-state index contributed by atoms with van der Waals surface area (Å²) in [5.41, 5.74) is 9.04. The van der Waals surface area contributed by atoms with E-state index in [9.17, 15) is 4.79 Å². The van der Waals surface area contributed by atoms with Gasteiger partial charge in [-0.1, -0.05) is 17.3 Å². The first-order valence-corrected chi connectivity index (χ1v) is 9.16. The Labute approximate surface area is 158 Å². The molecule has 5 nitrogen and oxygen atoms in total. The van der Waals surface area contributed by atoms with Crippen molar-refractivity contribution in [2.45, 2.75) is 40.7 Å². The van der Waals surface area contributed by atoms with Crippen LogP contribution in [0.5, 0.6) is 0 Å². The predicted molar refractivity (Wildman–Crippen MR) is 107 cm³/mol. The Hall–Kier alpha value is -3.08. The number of carbonyl (C=O) groups excluding carboxylic acids is 1. The molecule has 0 fully saturated rings. The third-order valence-electron chi connectivity index (χ3n) is 4.95. The summed E-state index contributed by atoms with van der Waals surface area (Å²) in [7, 11) is 0. The van der Waals surface area contributed by atoms with Gasteiger partial charge in [0.15, 0.2) is 0 Å². The SMILES string of the molecule is Cc1noc(C)c1-c1cc2c(c(-c3cccc(C(=O)NC(C)C)c3C)c1)N2. The van der Waals surface area contributed by atoms with Crippen molar-refractivity contribution in [1.29, 1.82) is 0 Å². The lowest BCUT2D eigenvalue weighted by molar-refractivity contribution is 0.0942. The lowest BCUT2D eigenvalue weighted by atomic mass is 9.93. The fourth-order valence-electron chi connectivity index (χ4n) is 3.61. The molecule has 0 bridgehead atoms. The maximum Gasteiger partial charge on any atom is 0.251 e. The van der Waals surface area contributed by atoms with Gasteiger partial charge in [0.2, 0.25) is 0 Å². The molecule has 0 radical (unpaired) electrons. The molecule has 2 aromatic carbocycles. The van der Waals surface area contributed by atoms with Crippen LogP contribution in [0.25, 0.3) is 22.3 Å². The quantitative estimate of drug-likeness (QED) is 0.494. The van der Waals surface area contributed by atoms with Crippen molar-refractivity contribution >= 4 is 17.3 Å². The lowest BCUT2D eigenvalue weighted by Crippen LogP contribution is -2.30. The number of nitrogens with zero attached hydrogens (tertiary/aromatic N) is 1. The molecule has 1 aliphatic heterocycles. The van der Waals surface area contributed by atoms with Crippen molar-refractivity contribution in [3.05, 3.63) is 52.9 Å². The number of carbonyl (C=O) groups is 1. The third-order valence-corrected chi connectivity index (χ3v) is 4.95. The molecule has 0 atom stereocenters. The van der Waals surface area contributed by atoms with Crippen LogP contribution < -0.4 is 10.6 Å². The van der Waals surface area contributed by atoms with Crippen molar-refractivity contribution in [2.75, 3.05) is 5.32 Å². The molecular formula is C22H23N3O2. The summed E-state index contributed by atoms with van der Waals surface area (Å²) < 4.78 is 5.34. The van der Waals surface area contributed by atoms with Gasteiger partial charge in [0.25, 0.3) is 5.91 Å². The van der Waals surface area contributed by atoms with Gasteiger partial charge in [-0.3, -0.25) is 4.79 Å². The maximum atomic E-state index is 12.6. The number of aromatic nitrogens is 1. The molecule has 0 saturated heterocycles. The fraction of sp³-hybridized carbons (Fsp3) is 0.273. The van der Waals surface area contributed by atoms with Crippen LogP contribution in [-0.4, -0.2) is 17.1 Å². The molecule has 27 heavy (non-hydrogen) atoms. The number of benzene rings is 2. The Balaban J connectivity index is 1.82. The Bertz CT molecular complexity index is 1040. The molecule has 5 heteroatoms. The lowest BCUT2D eigenvalue weighted by Gasteiger charge is -2.14. The van der Waals surface area contributed by atoms with Gasteiger partial charge in [0.05, 0.1) is 17.1 Å². The zero-order valence-electron chi connectivity index (χ0n) is 16.2. The van der Waals surface area contributed by atoms with Gasteiger partial charge in [0.1, 0.15) is 5.76 Å². The number of anilines is 2. The second kappa shape index (κ2) is 6.27. The number of hydrogen-bond acceptors (Lipinski definition) is 4. The van der Waals surface area contributed by atoms with Crippen LogP contribution in [0.2, 0.25) is 0 Å². The van der Waals surface area contributed by atoms with Crippen molar-refractivity contribution in [2.24, 2.45) is 0 Å². The summed E-state index contributed by atoms with van der Waals surface area (Å²) in [4.78, 5) is 12.6. The highest BCUT2D eigenvalue weighted by Crippen LogP contribution is 2.50. The smallest absolute Gasteiger partial charge is 0.251 e. The van der Waals surface area contributed by atoms with Crippen LogP contribution in [0.1, 0.15) is 41.2 Å². The van der Waals surface area contributed by atoms with Crippen LogP contribution in [0.4, 0.5) is 11.4 Å². The highest BCUT2D eigenvalue weighted by atomic mass is 16.5. The maximum absolute atomic E-state index is 12.6. The summed E-state index contributed by atoms with van der Waals surface area (Å²) in [5.74, 6) is 0.765. The van der Waals surface area contributed by atoms with Crippen molar-refractivity contribution in [3.8, 4) is 22.3 Å². The van der Waals surface area contributed by atoms with Crippen molar-refractivity contribution in [3.63, 3.8) is 0 Å². The zero-order chi connectivity index (χ0) is 19.3. The molecule has 0 aliphatic carbocycles. The van der Waals surface area contributed by atoms with Crippen LogP contribution in [-0.2, 0) is 0 Å². The monoisotopic (exact) mass is 361 g/mol. The average molecular weight is 361 g/mol. The van der Waals surface area contributed by atoms with Crippen LogP contribution in [0.3, 0.4) is 0 Å². The van der Waals surface area contributed by atoms with Gasteiger partial charge < -0.3 is 15.2 Å². The third kappa shape index (κ3) is 2.99. The molecule has 4 rings (SSSR count). The van der Waals surface area contributed by atoms with Crippen LogP contribution in [0, 0.1) is 20.8 Å². The highest BCUT2D eigenvalue weighted by Gasteiger charge is 2.26. The summed E-state index contributed by atoms with van der Waals surface area (Å²) in [6.07, 6.45) is 0. The van der Waals surface area contributed by atoms with Gasteiger partial charge >= 0.3 is 0 Å². The first-order chi connectivity index (χ1) is 12.9. The molecule has 1 aromatic heterocycles. The van der Waals surface area contributed by atoms with Gasteiger partial charge in [-0.25, -0.2) is 0 Å². The van der Waals surface area contributed by atoms with E-state index < -0.39 is 0 Å². The first kappa shape index (κ1) is 17.3. The summed E-state index contributed by atoms with van der Waals surface area (Å²) >= 11 is 0. The highest BCUT2D eigenvalue weighted by molar-refractivity contribution is 6.06. The van der Waals surface area contributed by atoms with E-state index in [0.29, 0.717) is 5.56 Å². The van der Waals surface area contributed by atoms with E-state index in [4.69, 9.17) is 4.52 Å². The van der Waals surface area contributed by atoms with Gasteiger partial charge in [0, 0.05) is 22.7 Å². The second-order valence-corrected chi connectivity index (χ2v) is 7.38. The standard InChI is InChI=1S/C22H23N3O2/c1-11(2)23-22(26)17-8-6-7-16(12(17)3)18-9-15(10-19-21(18)24-19)20-13(4)25-27-14(20)5/h6-11,24H,1-5H3,(H,23,26). The normalized spacial score (nSPS) is 11.9. The van der Waals surface area contributed by atoms with E-state index in [0.717, 1.165) is 50.6 Å². The van der Waals surface area contributed by atoms with E-state index in [2.05, 4.69) is 34.0 Å². The molecule has 1 amide bonds. The molecule has 2 heterocycles. The Morgan fingerprint density at radius 2 is 1.93 bits per heavy atom. The Morgan fingerprint density at radius 3 is 2.59 bits per heavy atom. The molecule has 138 valence electrons. The fourth-order valence-corrected chi connectivity index (χ4v) is 3.61. The van der Waals surface area contributed by atoms with E-state index in [1.165, 1.54) is 0 Å². The number of amides is 1. The molecule has 0 unspecified atom stereocenters. The number of fused-ring (bicyclic) bond motifs is 1. The van der Waals surface area contributed by atoms with E-state index >= 15 is 0 Å². The van der Waals surface area contributed by atoms with E-state index in [1.807, 2.05) is 46.8 Å². The molecule has 3 aromatic rings. The van der Waals surface area contributed by atoms with Crippen LogP contribution in [0.15, 0.2) is 34.9 Å². The molecular weight excluding hydrogens is 338 g/mol. The largest absolute Gasteiger partial charge is 0.361 e. The summed E-state index contributed by atoms with van der Waals surface area (Å²) in [6, 6.07) is 10.3. The van der Waals surface area contributed by atoms with Crippen LogP contribution >= 0.6 is 0 Å². The van der Waals surface area contributed by atoms with Crippen molar-refractivity contribution in [1.82, 2.24) is 10.5 Å². The number of nitrogens with one attached hydrogen (secondary N) is 2. The van der Waals surface area contributed by atoms with Gasteiger partial charge in [-0.05, 0) is 69.5 Å².